The molecule has 7 heteroatoms. The van der Waals surface area contributed by atoms with Gasteiger partial charge in [-0.25, -0.2) is 10.2 Å². The van der Waals surface area contributed by atoms with Crippen LogP contribution in [-0.2, 0) is 12.7 Å². The summed E-state index contributed by atoms with van der Waals surface area (Å²) in [4.78, 5) is 27.0. The van der Waals surface area contributed by atoms with Crippen LogP contribution in [0, 0.1) is 0 Å². The maximum absolute atomic E-state index is 13.1. The van der Waals surface area contributed by atoms with E-state index in [1.54, 1.807) is 62.5 Å². The van der Waals surface area contributed by atoms with E-state index in [-0.39, 0.29) is 16.9 Å². The van der Waals surface area contributed by atoms with Gasteiger partial charge in [0.25, 0.3) is 5.56 Å². The van der Waals surface area contributed by atoms with Crippen molar-refractivity contribution >= 4 is 22.6 Å². The topological polar surface area (TPSA) is 86.6 Å². The highest BCUT2D eigenvalue weighted by atomic mass is 16.3. The molecular formula is C19H18N4O3. The lowest BCUT2D eigenvalue weighted by Crippen LogP contribution is -2.51. The Morgan fingerprint density at radius 1 is 1.00 bits per heavy atom. The van der Waals surface area contributed by atoms with Crippen LogP contribution in [0.1, 0.15) is 12.5 Å². The number of fused-ring (bicyclic) bond motifs is 1. The fourth-order valence-corrected chi connectivity index (χ4v) is 3.54. The van der Waals surface area contributed by atoms with E-state index in [0.29, 0.717) is 16.6 Å². The Labute approximate surface area is 149 Å². The quantitative estimate of drug-likeness (QED) is 0.661. The van der Waals surface area contributed by atoms with E-state index < -0.39 is 11.7 Å². The first kappa shape index (κ1) is 16.2. The number of carbonyl (C=O) groups is 1. The standard InChI is InChI=1S/C19H18N4O3/c1-19(21-20-18(26)23(19)12-8-4-3-5-9-12)15-16(24)13-10-6-7-11-14(13)22(2)17(15)25/h3-11,21,24H,1-2H3,(H,20,26)/t19-/m0/s1. The second-order valence-corrected chi connectivity index (χ2v) is 6.40. The number of hydrogen-bond acceptors (Lipinski definition) is 4. The van der Waals surface area contributed by atoms with Gasteiger partial charge < -0.3 is 9.67 Å². The number of hydrazine groups is 1. The van der Waals surface area contributed by atoms with E-state index in [9.17, 15) is 14.7 Å². The van der Waals surface area contributed by atoms with Gasteiger partial charge in [-0.1, -0.05) is 30.3 Å². The number of para-hydroxylation sites is 2. The van der Waals surface area contributed by atoms with Gasteiger partial charge >= 0.3 is 6.03 Å². The summed E-state index contributed by atoms with van der Waals surface area (Å²) < 4.78 is 1.48. The maximum atomic E-state index is 13.1. The SMILES string of the molecule is Cn1c(=O)c([C@@]2(C)NNC(=O)N2c2ccccc2)c(O)c2ccccc21. The fourth-order valence-electron chi connectivity index (χ4n) is 3.54. The number of nitrogens with zero attached hydrogens (tertiary/aromatic N) is 2. The fraction of sp³-hybridized carbons (Fsp3) is 0.158. The molecule has 1 aromatic heterocycles. The Balaban J connectivity index is 2.02. The van der Waals surface area contributed by atoms with Gasteiger partial charge in [0.15, 0.2) is 0 Å². The van der Waals surface area contributed by atoms with Gasteiger partial charge in [-0.3, -0.25) is 15.1 Å². The second kappa shape index (κ2) is 5.60. The molecule has 3 aromatic rings. The average molecular weight is 350 g/mol. The zero-order chi connectivity index (χ0) is 18.5. The Kier molecular flexibility index (Phi) is 3.48. The molecule has 0 unspecified atom stereocenters. The molecule has 1 fully saturated rings. The lowest BCUT2D eigenvalue weighted by Gasteiger charge is -2.33. The molecule has 132 valence electrons. The summed E-state index contributed by atoms with van der Waals surface area (Å²) in [7, 11) is 1.65. The van der Waals surface area contributed by atoms with Gasteiger partial charge in [-0.15, -0.1) is 0 Å². The van der Waals surface area contributed by atoms with Crippen molar-refractivity contribution in [2.45, 2.75) is 12.6 Å². The summed E-state index contributed by atoms with van der Waals surface area (Å²) in [5.74, 6) is -0.142. The molecule has 0 saturated carbocycles. The number of rotatable bonds is 2. The third kappa shape index (κ3) is 2.11. The number of aromatic hydroxyl groups is 1. The normalized spacial score (nSPS) is 19.8. The molecule has 26 heavy (non-hydrogen) atoms. The lowest BCUT2D eigenvalue weighted by molar-refractivity contribution is 0.250. The van der Waals surface area contributed by atoms with Crippen molar-refractivity contribution in [2.75, 3.05) is 4.90 Å². The van der Waals surface area contributed by atoms with E-state index in [1.165, 1.54) is 9.47 Å². The predicted octanol–water partition coefficient (Wildman–Crippen LogP) is 2.15. The van der Waals surface area contributed by atoms with E-state index in [4.69, 9.17) is 0 Å². The lowest BCUT2D eigenvalue weighted by atomic mass is 9.97. The molecule has 3 N–H and O–H groups in total. The van der Waals surface area contributed by atoms with Crippen LogP contribution in [0.5, 0.6) is 5.75 Å². The first-order valence-electron chi connectivity index (χ1n) is 8.19. The van der Waals surface area contributed by atoms with Crippen LogP contribution in [-0.4, -0.2) is 15.7 Å². The number of benzene rings is 2. The van der Waals surface area contributed by atoms with E-state index >= 15 is 0 Å². The van der Waals surface area contributed by atoms with Crippen LogP contribution in [0.3, 0.4) is 0 Å². The van der Waals surface area contributed by atoms with Crippen molar-refractivity contribution in [1.29, 1.82) is 0 Å². The third-order valence-corrected chi connectivity index (χ3v) is 4.84. The molecule has 0 bridgehead atoms. The molecule has 4 rings (SSSR count). The van der Waals surface area contributed by atoms with Gasteiger partial charge in [-0.2, -0.15) is 0 Å². The summed E-state index contributed by atoms with van der Waals surface area (Å²) in [6, 6.07) is 15.7. The number of urea groups is 1. The number of nitrogens with one attached hydrogen (secondary N) is 2. The number of anilines is 1. The van der Waals surface area contributed by atoms with Gasteiger partial charge in [0.1, 0.15) is 17.0 Å². The molecule has 2 aromatic carbocycles. The maximum Gasteiger partial charge on any atom is 0.338 e. The highest BCUT2D eigenvalue weighted by molar-refractivity contribution is 5.96. The smallest absolute Gasteiger partial charge is 0.338 e. The Morgan fingerprint density at radius 2 is 1.65 bits per heavy atom. The molecule has 0 spiro atoms. The van der Waals surface area contributed by atoms with E-state index in [0.717, 1.165) is 0 Å². The molecule has 1 saturated heterocycles. The van der Waals surface area contributed by atoms with Gasteiger partial charge in [0.05, 0.1) is 5.52 Å². The zero-order valence-electron chi connectivity index (χ0n) is 14.4. The number of aromatic nitrogens is 1. The molecule has 1 aliphatic rings. The Hall–Kier alpha value is -3.32. The summed E-state index contributed by atoms with van der Waals surface area (Å²) >= 11 is 0. The van der Waals surface area contributed by atoms with Crippen molar-refractivity contribution in [3.05, 3.63) is 70.5 Å². The van der Waals surface area contributed by atoms with E-state index in [2.05, 4.69) is 10.9 Å². The number of aryl methyl sites for hydroxylation is 1. The first-order chi connectivity index (χ1) is 12.4. The molecule has 1 aliphatic heterocycles. The summed E-state index contributed by atoms with van der Waals surface area (Å²) in [6.07, 6.45) is 0. The average Bonchev–Trinajstić information content (AvgIpc) is 2.96. The highest BCUT2D eigenvalue weighted by Crippen LogP contribution is 2.38. The number of amides is 2. The van der Waals surface area contributed by atoms with Crippen molar-refractivity contribution < 1.29 is 9.90 Å². The van der Waals surface area contributed by atoms with Crippen LogP contribution in [0.25, 0.3) is 10.9 Å². The van der Waals surface area contributed by atoms with Gasteiger partial charge in [0.2, 0.25) is 0 Å². The van der Waals surface area contributed by atoms with Crippen molar-refractivity contribution in [1.82, 2.24) is 15.4 Å². The minimum atomic E-state index is -1.26. The third-order valence-electron chi connectivity index (χ3n) is 4.84. The second-order valence-electron chi connectivity index (χ2n) is 6.40. The van der Waals surface area contributed by atoms with Crippen LogP contribution < -0.4 is 21.3 Å². The van der Waals surface area contributed by atoms with Gasteiger partial charge in [0, 0.05) is 18.1 Å². The molecule has 2 amide bonds. The van der Waals surface area contributed by atoms with Crippen LogP contribution >= 0.6 is 0 Å². The zero-order valence-corrected chi connectivity index (χ0v) is 14.4. The van der Waals surface area contributed by atoms with Crippen LogP contribution in [0.4, 0.5) is 10.5 Å². The first-order valence-corrected chi connectivity index (χ1v) is 8.19. The molecule has 0 radical (unpaired) electrons. The molecule has 7 nitrogen and oxygen atoms in total. The van der Waals surface area contributed by atoms with Crippen LogP contribution in [0.15, 0.2) is 59.4 Å². The molecule has 2 heterocycles. The Morgan fingerprint density at radius 3 is 2.38 bits per heavy atom. The van der Waals surface area contributed by atoms with Crippen molar-refractivity contribution in [3.8, 4) is 5.75 Å². The molecule has 1 atom stereocenters. The highest BCUT2D eigenvalue weighted by Gasteiger charge is 2.47. The minimum Gasteiger partial charge on any atom is -0.507 e. The largest absolute Gasteiger partial charge is 0.507 e. The minimum absolute atomic E-state index is 0.0981. The van der Waals surface area contributed by atoms with Gasteiger partial charge in [-0.05, 0) is 31.2 Å². The number of pyridine rings is 1. The van der Waals surface area contributed by atoms with Crippen molar-refractivity contribution in [3.63, 3.8) is 0 Å². The summed E-state index contributed by atoms with van der Waals surface area (Å²) in [5.41, 5.74) is 5.11. The summed E-state index contributed by atoms with van der Waals surface area (Å²) in [6.45, 7) is 1.68. The van der Waals surface area contributed by atoms with Crippen LogP contribution in [0.2, 0.25) is 0 Å². The van der Waals surface area contributed by atoms with E-state index in [1.807, 2.05) is 6.07 Å². The number of hydrogen-bond donors (Lipinski definition) is 3. The monoisotopic (exact) mass is 350 g/mol. The Bertz CT molecular complexity index is 1080. The predicted molar refractivity (Wildman–Crippen MR) is 98.8 cm³/mol. The summed E-state index contributed by atoms with van der Waals surface area (Å²) in [5, 5.41) is 11.5. The molecule has 0 aliphatic carbocycles. The molecular weight excluding hydrogens is 332 g/mol. The number of carbonyl (C=O) groups excluding carboxylic acids is 1. The van der Waals surface area contributed by atoms with Crippen molar-refractivity contribution in [2.24, 2.45) is 7.05 Å².